The quantitative estimate of drug-likeness (QED) is 0.392. The van der Waals surface area contributed by atoms with E-state index in [4.69, 9.17) is 9.47 Å². The number of fused-ring (bicyclic) bond motifs is 5. The number of methoxy groups -OCH3 is 1. The number of piperidine rings is 1. The first kappa shape index (κ1) is 22.0. The van der Waals surface area contributed by atoms with Crippen LogP contribution in [-0.2, 0) is 11.2 Å². The van der Waals surface area contributed by atoms with Gasteiger partial charge in [-0.2, -0.15) is 0 Å². The van der Waals surface area contributed by atoms with Crippen molar-refractivity contribution in [1.29, 1.82) is 0 Å². The van der Waals surface area contributed by atoms with Crippen molar-refractivity contribution in [3.8, 4) is 16.9 Å². The number of nitrogens with zero attached hydrogens (tertiary/aromatic N) is 1. The van der Waals surface area contributed by atoms with Gasteiger partial charge in [-0.25, -0.2) is 4.79 Å². The molecule has 1 fully saturated rings. The fourth-order valence-corrected chi connectivity index (χ4v) is 6.25. The Morgan fingerprint density at radius 2 is 1.69 bits per heavy atom. The third kappa shape index (κ3) is 4.12. The van der Waals surface area contributed by atoms with Gasteiger partial charge in [0.15, 0.2) is 0 Å². The maximum absolute atomic E-state index is 13.4. The Kier molecular flexibility index (Phi) is 5.81. The summed E-state index contributed by atoms with van der Waals surface area (Å²) in [7, 11) is 1.70. The molecule has 2 unspecified atom stereocenters. The van der Waals surface area contributed by atoms with Crippen LogP contribution in [0, 0.1) is 0 Å². The second kappa shape index (κ2) is 9.26. The Bertz CT molecular complexity index is 1230. The van der Waals surface area contributed by atoms with Crippen LogP contribution >= 0.6 is 0 Å². The van der Waals surface area contributed by atoms with Crippen LogP contribution in [0.5, 0.6) is 5.75 Å². The maximum Gasteiger partial charge on any atom is 0.410 e. The van der Waals surface area contributed by atoms with E-state index in [9.17, 15) is 4.79 Å². The molecule has 1 saturated heterocycles. The molecule has 1 aliphatic carbocycles. The van der Waals surface area contributed by atoms with Gasteiger partial charge in [0, 0.05) is 12.0 Å². The molecule has 2 atom stereocenters. The van der Waals surface area contributed by atoms with Crippen molar-refractivity contribution in [2.45, 2.75) is 50.1 Å². The van der Waals surface area contributed by atoms with E-state index in [2.05, 4.69) is 66.7 Å². The monoisotopic (exact) mass is 465 g/mol. The molecule has 0 saturated carbocycles. The topological polar surface area (TPSA) is 38.8 Å². The summed E-state index contributed by atoms with van der Waals surface area (Å²) in [6, 6.07) is 25.6. The van der Waals surface area contributed by atoms with Crippen LogP contribution in [0.15, 0.2) is 84.4 Å². The van der Waals surface area contributed by atoms with Crippen molar-refractivity contribution in [2.24, 2.45) is 0 Å². The lowest BCUT2D eigenvalue weighted by Gasteiger charge is -2.44. The van der Waals surface area contributed by atoms with Gasteiger partial charge in [-0.05, 0) is 72.1 Å². The average Bonchev–Trinajstić information content (AvgIpc) is 3.20. The lowest BCUT2D eigenvalue weighted by atomic mass is 9.83. The van der Waals surface area contributed by atoms with Gasteiger partial charge < -0.3 is 9.47 Å². The number of hydrogen-bond acceptors (Lipinski definition) is 3. The molecule has 0 spiro atoms. The van der Waals surface area contributed by atoms with Gasteiger partial charge in [-0.3, -0.25) is 4.90 Å². The minimum Gasteiger partial charge on any atom is -0.497 e. The third-order valence-electron chi connectivity index (χ3n) is 7.83. The standard InChI is InChI=1S/C31H31NO3/c1-34-25-11-6-8-21(19-25)16-22-17-23-9-7-10-24(18-22)32(23)31(33)35-20-30-28-14-4-2-12-26(28)27-13-3-5-15-29(27)30/h2-6,8,11-15,17,19,23-24,30H,7,9-10,16,18,20H2,1H3. The lowest BCUT2D eigenvalue weighted by Crippen LogP contribution is -2.52. The third-order valence-corrected chi connectivity index (χ3v) is 7.83. The van der Waals surface area contributed by atoms with Gasteiger partial charge in [0.05, 0.1) is 13.2 Å². The van der Waals surface area contributed by atoms with Crippen molar-refractivity contribution < 1.29 is 14.3 Å². The zero-order chi connectivity index (χ0) is 23.8. The number of ether oxygens (including phenoxy) is 2. The van der Waals surface area contributed by atoms with E-state index in [0.717, 1.165) is 37.9 Å². The van der Waals surface area contributed by atoms with Crippen molar-refractivity contribution in [3.05, 3.63) is 101 Å². The van der Waals surface area contributed by atoms with Gasteiger partial charge in [0.2, 0.25) is 0 Å². The van der Waals surface area contributed by atoms with E-state index in [1.54, 1.807) is 7.11 Å². The van der Waals surface area contributed by atoms with Gasteiger partial charge in [-0.15, -0.1) is 0 Å². The molecule has 0 N–H and O–H groups in total. The van der Waals surface area contributed by atoms with Gasteiger partial charge in [0.1, 0.15) is 12.4 Å². The summed E-state index contributed by atoms with van der Waals surface area (Å²) in [5.74, 6) is 0.981. The Balaban J connectivity index is 1.17. The van der Waals surface area contributed by atoms with Crippen molar-refractivity contribution in [3.63, 3.8) is 0 Å². The summed E-state index contributed by atoms with van der Waals surface area (Å²) in [6.07, 6.45) is 7.17. The first-order valence-corrected chi connectivity index (χ1v) is 12.7. The molecular formula is C31H31NO3. The predicted molar refractivity (Wildman–Crippen MR) is 138 cm³/mol. The molecule has 2 bridgehead atoms. The van der Waals surface area contributed by atoms with Crippen LogP contribution in [0.4, 0.5) is 4.79 Å². The first-order valence-electron chi connectivity index (χ1n) is 12.7. The van der Waals surface area contributed by atoms with Crippen LogP contribution in [-0.4, -0.2) is 36.8 Å². The fraction of sp³-hybridized carbons (Fsp3) is 0.323. The summed E-state index contributed by atoms with van der Waals surface area (Å²) in [5, 5.41) is 0. The zero-order valence-electron chi connectivity index (χ0n) is 20.2. The summed E-state index contributed by atoms with van der Waals surface area (Å²) >= 11 is 0. The van der Waals surface area contributed by atoms with Crippen molar-refractivity contribution in [1.82, 2.24) is 4.90 Å². The molecule has 3 aliphatic rings. The second-order valence-electron chi connectivity index (χ2n) is 9.92. The van der Waals surface area contributed by atoms with E-state index in [1.807, 2.05) is 17.0 Å². The van der Waals surface area contributed by atoms with E-state index < -0.39 is 0 Å². The normalized spacial score (nSPS) is 20.6. The highest BCUT2D eigenvalue weighted by Crippen LogP contribution is 2.45. The molecule has 178 valence electrons. The highest BCUT2D eigenvalue weighted by molar-refractivity contribution is 5.79. The smallest absolute Gasteiger partial charge is 0.410 e. The SMILES string of the molecule is COc1cccc(CC2=CC3CCCC(C2)N3C(=O)OCC2c3ccccc3-c3ccccc32)c1. The Morgan fingerprint density at radius 1 is 0.943 bits per heavy atom. The minimum absolute atomic E-state index is 0.0927. The molecule has 4 heteroatoms. The van der Waals surface area contributed by atoms with Crippen LogP contribution in [0.1, 0.15) is 48.3 Å². The highest BCUT2D eigenvalue weighted by Gasteiger charge is 2.38. The summed E-state index contributed by atoms with van der Waals surface area (Å²) < 4.78 is 11.4. The number of amides is 1. The fourth-order valence-electron chi connectivity index (χ4n) is 6.25. The first-order chi connectivity index (χ1) is 17.2. The largest absolute Gasteiger partial charge is 0.497 e. The van der Waals surface area contributed by atoms with Gasteiger partial charge in [0.25, 0.3) is 0 Å². The van der Waals surface area contributed by atoms with Gasteiger partial charge in [-0.1, -0.05) is 72.3 Å². The molecule has 0 radical (unpaired) electrons. The summed E-state index contributed by atoms with van der Waals surface area (Å²) in [6.45, 7) is 0.378. The Labute approximate surface area is 207 Å². The average molecular weight is 466 g/mol. The molecular weight excluding hydrogens is 434 g/mol. The number of rotatable bonds is 5. The van der Waals surface area contributed by atoms with E-state index in [0.29, 0.717) is 6.61 Å². The Hall–Kier alpha value is -3.53. The Morgan fingerprint density at radius 3 is 2.40 bits per heavy atom. The molecule has 2 aliphatic heterocycles. The molecule has 3 aromatic carbocycles. The predicted octanol–water partition coefficient (Wildman–Crippen LogP) is 6.74. The van der Waals surface area contributed by atoms with E-state index in [-0.39, 0.29) is 24.1 Å². The van der Waals surface area contributed by atoms with Crippen LogP contribution in [0.25, 0.3) is 11.1 Å². The zero-order valence-corrected chi connectivity index (χ0v) is 20.2. The molecule has 2 heterocycles. The molecule has 6 rings (SSSR count). The van der Waals surface area contributed by atoms with Crippen molar-refractivity contribution >= 4 is 6.09 Å². The van der Waals surface area contributed by atoms with Crippen molar-refractivity contribution in [2.75, 3.05) is 13.7 Å². The van der Waals surface area contributed by atoms with E-state index >= 15 is 0 Å². The number of hydrogen-bond donors (Lipinski definition) is 0. The highest BCUT2D eigenvalue weighted by atomic mass is 16.6. The minimum atomic E-state index is -0.168. The molecule has 0 aromatic heterocycles. The molecule has 1 amide bonds. The molecule has 3 aromatic rings. The number of carbonyl (C=O) groups is 1. The second-order valence-corrected chi connectivity index (χ2v) is 9.92. The maximum atomic E-state index is 13.4. The molecule has 35 heavy (non-hydrogen) atoms. The van der Waals surface area contributed by atoms with Crippen LogP contribution in [0.2, 0.25) is 0 Å². The number of benzene rings is 3. The van der Waals surface area contributed by atoms with E-state index in [1.165, 1.54) is 33.4 Å². The summed E-state index contributed by atoms with van der Waals surface area (Å²) in [4.78, 5) is 15.4. The molecule has 4 nitrogen and oxygen atoms in total. The van der Waals surface area contributed by atoms with Crippen LogP contribution < -0.4 is 4.74 Å². The van der Waals surface area contributed by atoms with Gasteiger partial charge >= 0.3 is 6.09 Å². The lowest BCUT2D eigenvalue weighted by molar-refractivity contribution is 0.0509. The van der Waals surface area contributed by atoms with Crippen LogP contribution in [0.3, 0.4) is 0 Å². The summed E-state index contributed by atoms with van der Waals surface area (Å²) in [5.41, 5.74) is 7.67. The number of carbonyl (C=O) groups excluding carboxylic acids is 1.